The van der Waals surface area contributed by atoms with Crippen molar-refractivity contribution in [1.29, 1.82) is 0 Å². The lowest BCUT2D eigenvalue weighted by molar-refractivity contribution is 0.162. The molecule has 1 unspecified atom stereocenters. The van der Waals surface area contributed by atoms with Gasteiger partial charge in [-0.25, -0.2) is 4.39 Å². The van der Waals surface area contributed by atoms with Gasteiger partial charge in [0.2, 0.25) is 0 Å². The Morgan fingerprint density at radius 2 is 2.00 bits per heavy atom. The highest BCUT2D eigenvalue weighted by atomic mass is 35.5. The van der Waals surface area contributed by atoms with Gasteiger partial charge in [0, 0.05) is 12.2 Å². The third kappa shape index (κ3) is 2.96. The molecule has 2 aromatic rings. The lowest BCUT2D eigenvalue weighted by atomic mass is 10.2. The molecule has 0 aliphatic rings. The molecule has 1 aromatic heterocycles. The van der Waals surface area contributed by atoms with E-state index in [0.29, 0.717) is 11.4 Å². The van der Waals surface area contributed by atoms with Crippen molar-refractivity contribution in [1.82, 2.24) is 0 Å². The molecule has 0 saturated carbocycles. The maximum atomic E-state index is 13.2. The predicted octanol–water partition coefficient (Wildman–Crippen LogP) is 3.87. The summed E-state index contributed by atoms with van der Waals surface area (Å²) in [5.41, 5.74) is 0.525. The highest BCUT2D eigenvalue weighted by molar-refractivity contribution is 6.35. The Bertz CT molecular complexity index is 508. The molecule has 0 spiro atoms. The molecule has 18 heavy (non-hydrogen) atoms. The first-order valence-electron chi connectivity index (χ1n) is 5.18. The van der Waals surface area contributed by atoms with E-state index in [-0.39, 0.29) is 16.6 Å². The normalized spacial score (nSPS) is 12.4. The quantitative estimate of drug-likeness (QED) is 0.840. The third-order valence-corrected chi connectivity index (χ3v) is 2.91. The number of furan rings is 1. The first-order valence-corrected chi connectivity index (χ1v) is 5.93. The van der Waals surface area contributed by atoms with Gasteiger partial charge in [0.05, 0.1) is 16.3 Å². The molecule has 0 aliphatic carbocycles. The van der Waals surface area contributed by atoms with E-state index in [2.05, 4.69) is 5.32 Å². The van der Waals surface area contributed by atoms with Crippen LogP contribution in [0.25, 0.3) is 0 Å². The third-order valence-electron chi connectivity index (χ3n) is 2.35. The Kier molecular flexibility index (Phi) is 4.11. The molecule has 0 radical (unpaired) electrons. The highest BCUT2D eigenvalue weighted by Gasteiger charge is 2.11. The fraction of sp³-hybridized carbons (Fsp3) is 0.167. The Balaban J connectivity index is 2.02. The number of halogens is 3. The van der Waals surface area contributed by atoms with E-state index in [1.54, 1.807) is 12.1 Å². The van der Waals surface area contributed by atoms with Gasteiger partial charge in [-0.3, -0.25) is 0 Å². The fourth-order valence-electron chi connectivity index (χ4n) is 1.45. The molecule has 0 amide bonds. The molecule has 1 atom stereocenters. The van der Waals surface area contributed by atoms with Gasteiger partial charge in [0.15, 0.2) is 5.82 Å². The number of aliphatic hydroxyl groups is 1. The highest BCUT2D eigenvalue weighted by Crippen LogP contribution is 2.27. The van der Waals surface area contributed by atoms with Gasteiger partial charge in [0.25, 0.3) is 0 Å². The average Bonchev–Trinajstić information content (AvgIpc) is 2.86. The van der Waals surface area contributed by atoms with Crippen molar-refractivity contribution in [2.45, 2.75) is 6.10 Å². The van der Waals surface area contributed by atoms with Crippen LogP contribution in [-0.2, 0) is 0 Å². The van der Waals surface area contributed by atoms with Crippen molar-refractivity contribution in [2.75, 3.05) is 11.9 Å². The first kappa shape index (κ1) is 13.2. The lowest BCUT2D eigenvalue weighted by Crippen LogP contribution is -2.11. The molecule has 2 rings (SSSR count). The minimum Gasteiger partial charge on any atom is -0.467 e. The summed E-state index contributed by atoms with van der Waals surface area (Å²) < 4.78 is 18.2. The van der Waals surface area contributed by atoms with Crippen LogP contribution >= 0.6 is 23.2 Å². The van der Waals surface area contributed by atoms with Gasteiger partial charge in [-0.05, 0) is 24.3 Å². The van der Waals surface area contributed by atoms with Gasteiger partial charge >= 0.3 is 0 Å². The molecule has 2 N–H and O–H groups in total. The first-order chi connectivity index (χ1) is 8.58. The molecule has 96 valence electrons. The maximum Gasteiger partial charge on any atom is 0.160 e. The number of rotatable bonds is 4. The summed E-state index contributed by atoms with van der Waals surface area (Å²) in [6.45, 7) is 0.200. The van der Waals surface area contributed by atoms with E-state index < -0.39 is 11.9 Å². The number of hydrogen-bond donors (Lipinski definition) is 2. The Morgan fingerprint density at radius 3 is 2.56 bits per heavy atom. The van der Waals surface area contributed by atoms with E-state index in [0.717, 1.165) is 0 Å². The zero-order valence-electron chi connectivity index (χ0n) is 9.16. The smallest absolute Gasteiger partial charge is 0.160 e. The number of nitrogens with one attached hydrogen (secondary N) is 1. The van der Waals surface area contributed by atoms with E-state index >= 15 is 0 Å². The van der Waals surface area contributed by atoms with Gasteiger partial charge in [0.1, 0.15) is 11.9 Å². The molecule has 1 aromatic carbocycles. The Hall–Kier alpha value is -1.23. The zero-order valence-corrected chi connectivity index (χ0v) is 10.7. The molecule has 6 heteroatoms. The van der Waals surface area contributed by atoms with Crippen LogP contribution in [0.15, 0.2) is 34.9 Å². The largest absolute Gasteiger partial charge is 0.467 e. The molecule has 0 fully saturated rings. The SMILES string of the molecule is OC(CNc1cc(Cl)c(F)c(Cl)c1)c1ccco1. The summed E-state index contributed by atoms with van der Waals surface area (Å²) in [4.78, 5) is 0. The van der Waals surface area contributed by atoms with Crippen molar-refractivity contribution >= 4 is 28.9 Å². The van der Waals surface area contributed by atoms with Gasteiger partial charge < -0.3 is 14.8 Å². The topological polar surface area (TPSA) is 45.4 Å². The predicted molar refractivity (Wildman–Crippen MR) is 68.6 cm³/mol. The van der Waals surface area contributed by atoms with Crippen LogP contribution in [0.2, 0.25) is 10.0 Å². The lowest BCUT2D eigenvalue weighted by Gasteiger charge is -2.11. The minimum absolute atomic E-state index is 0.0718. The van der Waals surface area contributed by atoms with Crippen LogP contribution in [0.5, 0.6) is 0 Å². The van der Waals surface area contributed by atoms with Crippen molar-refractivity contribution in [2.24, 2.45) is 0 Å². The second-order valence-electron chi connectivity index (χ2n) is 3.67. The summed E-state index contributed by atoms with van der Waals surface area (Å²) >= 11 is 11.3. The summed E-state index contributed by atoms with van der Waals surface area (Å²) in [6, 6.07) is 6.15. The van der Waals surface area contributed by atoms with Crippen molar-refractivity contribution in [3.8, 4) is 0 Å². The average molecular weight is 290 g/mol. The van der Waals surface area contributed by atoms with Gasteiger partial charge in [-0.1, -0.05) is 23.2 Å². The van der Waals surface area contributed by atoms with Gasteiger partial charge in [-0.2, -0.15) is 0 Å². The van der Waals surface area contributed by atoms with Crippen LogP contribution in [0, 0.1) is 5.82 Å². The van der Waals surface area contributed by atoms with Crippen LogP contribution in [-0.4, -0.2) is 11.7 Å². The number of benzene rings is 1. The number of hydrogen-bond acceptors (Lipinski definition) is 3. The van der Waals surface area contributed by atoms with E-state index in [9.17, 15) is 9.50 Å². The molecule has 1 heterocycles. The summed E-state index contributed by atoms with van der Waals surface area (Å²) in [5.74, 6) is -0.211. The van der Waals surface area contributed by atoms with Crippen LogP contribution in [0.3, 0.4) is 0 Å². The summed E-state index contributed by atoms with van der Waals surface area (Å²) in [6.07, 6.45) is 0.673. The van der Waals surface area contributed by atoms with Crippen molar-refractivity contribution in [3.63, 3.8) is 0 Å². The number of aliphatic hydroxyl groups excluding tert-OH is 1. The Labute approximate surface area is 113 Å². The monoisotopic (exact) mass is 289 g/mol. The van der Waals surface area contributed by atoms with Crippen LogP contribution in [0.1, 0.15) is 11.9 Å². The number of anilines is 1. The minimum atomic E-state index is -0.803. The second kappa shape index (κ2) is 5.61. The van der Waals surface area contributed by atoms with Crippen LogP contribution in [0.4, 0.5) is 10.1 Å². The van der Waals surface area contributed by atoms with Crippen molar-refractivity contribution < 1.29 is 13.9 Å². The molecule has 3 nitrogen and oxygen atoms in total. The summed E-state index contributed by atoms with van der Waals surface area (Å²) in [7, 11) is 0. The molecule has 0 saturated heterocycles. The standard InChI is InChI=1S/C12H10Cl2FNO2/c13-8-4-7(5-9(14)12(8)15)16-6-10(17)11-2-1-3-18-11/h1-5,10,16-17H,6H2. The van der Waals surface area contributed by atoms with E-state index in [1.165, 1.54) is 18.4 Å². The van der Waals surface area contributed by atoms with Crippen LogP contribution < -0.4 is 5.32 Å². The Morgan fingerprint density at radius 1 is 1.33 bits per heavy atom. The maximum absolute atomic E-state index is 13.2. The zero-order chi connectivity index (χ0) is 13.1. The van der Waals surface area contributed by atoms with Crippen molar-refractivity contribution in [3.05, 3.63) is 52.2 Å². The second-order valence-corrected chi connectivity index (χ2v) is 4.48. The van der Waals surface area contributed by atoms with E-state index in [4.69, 9.17) is 27.6 Å². The molecule has 0 bridgehead atoms. The summed E-state index contributed by atoms with van der Waals surface area (Å²) in [5, 5.41) is 12.5. The molecular formula is C12H10Cl2FNO2. The fourth-order valence-corrected chi connectivity index (χ4v) is 1.94. The molecule has 0 aliphatic heterocycles. The van der Waals surface area contributed by atoms with E-state index in [1.807, 2.05) is 0 Å². The molecular weight excluding hydrogens is 280 g/mol. The van der Waals surface area contributed by atoms with Gasteiger partial charge in [-0.15, -0.1) is 0 Å².